The lowest BCUT2D eigenvalue weighted by atomic mass is 9.87. The van der Waals surface area contributed by atoms with E-state index in [4.69, 9.17) is 9.47 Å². The van der Waals surface area contributed by atoms with E-state index in [0.29, 0.717) is 22.9 Å². The molecule has 2 rings (SSSR count). The van der Waals surface area contributed by atoms with E-state index in [0.717, 1.165) is 0 Å². The van der Waals surface area contributed by atoms with Gasteiger partial charge in [0.1, 0.15) is 17.9 Å². The molecule has 6 nitrogen and oxygen atoms in total. The van der Waals surface area contributed by atoms with Gasteiger partial charge in [-0.05, 0) is 35.2 Å². The Bertz CT molecular complexity index is 808. The summed E-state index contributed by atoms with van der Waals surface area (Å²) in [5.41, 5.74) is 2.35. The van der Waals surface area contributed by atoms with E-state index < -0.39 is 5.91 Å². The second-order valence-electron chi connectivity index (χ2n) is 7.17. The quantitative estimate of drug-likeness (QED) is 0.755. The van der Waals surface area contributed by atoms with Gasteiger partial charge >= 0.3 is 0 Å². The van der Waals surface area contributed by atoms with Gasteiger partial charge < -0.3 is 20.1 Å². The number of ether oxygens (including phenoxy) is 2. The molecule has 0 spiro atoms. The molecular formula is C21H26N2O4. The fourth-order valence-corrected chi connectivity index (χ4v) is 2.50. The molecule has 0 saturated carbocycles. The van der Waals surface area contributed by atoms with Gasteiger partial charge in [-0.15, -0.1) is 0 Å². The number of rotatable bonds is 6. The van der Waals surface area contributed by atoms with Crippen molar-refractivity contribution >= 4 is 23.2 Å². The van der Waals surface area contributed by atoms with Gasteiger partial charge in [0, 0.05) is 11.8 Å². The summed E-state index contributed by atoms with van der Waals surface area (Å²) in [4.78, 5) is 24.3. The molecule has 0 unspecified atom stereocenters. The van der Waals surface area contributed by atoms with Crippen molar-refractivity contribution in [3.63, 3.8) is 0 Å². The average molecular weight is 370 g/mol. The van der Waals surface area contributed by atoms with Crippen LogP contribution in [0.4, 0.5) is 11.4 Å². The van der Waals surface area contributed by atoms with Gasteiger partial charge in [-0.25, -0.2) is 0 Å². The van der Waals surface area contributed by atoms with Crippen molar-refractivity contribution in [1.29, 1.82) is 0 Å². The second kappa shape index (κ2) is 8.58. The Hall–Kier alpha value is -3.02. The standard InChI is InChI=1S/C21H26N2O4/c1-21(2,3)14-6-8-15(9-7-14)22-19(24)13-20(25)23-17-11-10-16(26-4)12-18(17)27-5/h6-12H,13H2,1-5H3,(H,22,24)(H,23,25). The lowest BCUT2D eigenvalue weighted by Crippen LogP contribution is -2.21. The Morgan fingerprint density at radius 1 is 0.889 bits per heavy atom. The normalized spacial score (nSPS) is 10.9. The van der Waals surface area contributed by atoms with Gasteiger partial charge in [0.05, 0.1) is 19.9 Å². The maximum atomic E-state index is 12.2. The molecule has 6 heteroatoms. The number of carbonyl (C=O) groups is 2. The van der Waals surface area contributed by atoms with Crippen molar-refractivity contribution in [3.05, 3.63) is 48.0 Å². The highest BCUT2D eigenvalue weighted by molar-refractivity contribution is 6.08. The predicted molar refractivity (Wildman–Crippen MR) is 107 cm³/mol. The van der Waals surface area contributed by atoms with Crippen molar-refractivity contribution in [3.8, 4) is 11.5 Å². The van der Waals surface area contributed by atoms with Gasteiger partial charge in [0.25, 0.3) is 0 Å². The largest absolute Gasteiger partial charge is 0.497 e. The number of amides is 2. The summed E-state index contributed by atoms with van der Waals surface area (Å²) in [6, 6.07) is 12.6. The van der Waals surface area contributed by atoms with Gasteiger partial charge in [0.2, 0.25) is 11.8 Å². The fourth-order valence-electron chi connectivity index (χ4n) is 2.50. The van der Waals surface area contributed by atoms with E-state index in [1.807, 2.05) is 24.3 Å². The zero-order valence-electron chi connectivity index (χ0n) is 16.4. The monoisotopic (exact) mass is 370 g/mol. The molecule has 2 N–H and O–H groups in total. The molecule has 2 aromatic rings. The fraction of sp³-hybridized carbons (Fsp3) is 0.333. The van der Waals surface area contributed by atoms with Crippen LogP contribution in [-0.4, -0.2) is 26.0 Å². The molecular weight excluding hydrogens is 344 g/mol. The van der Waals surface area contributed by atoms with E-state index >= 15 is 0 Å². The van der Waals surface area contributed by atoms with Crippen molar-refractivity contribution in [2.45, 2.75) is 32.6 Å². The first-order valence-electron chi connectivity index (χ1n) is 8.65. The molecule has 2 amide bonds. The first-order valence-corrected chi connectivity index (χ1v) is 8.65. The third-order valence-electron chi connectivity index (χ3n) is 4.04. The summed E-state index contributed by atoms with van der Waals surface area (Å²) < 4.78 is 10.4. The highest BCUT2D eigenvalue weighted by Crippen LogP contribution is 2.29. The van der Waals surface area contributed by atoms with Crippen molar-refractivity contribution in [1.82, 2.24) is 0 Å². The number of carbonyl (C=O) groups excluding carboxylic acids is 2. The molecule has 0 heterocycles. The van der Waals surface area contributed by atoms with Crippen LogP contribution in [0.3, 0.4) is 0 Å². The van der Waals surface area contributed by atoms with Gasteiger partial charge in [-0.1, -0.05) is 32.9 Å². The third-order valence-corrected chi connectivity index (χ3v) is 4.04. The van der Waals surface area contributed by atoms with E-state index in [9.17, 15) is 9.59 Å². The minimum atomic E-state index is -0.428. The Kier molecular flexibility index (Phi) is 6.45. The van der Waals surface area contributed by atoms with Crippen LogP contribution in [0, 0.1) is 0 Å². The number of benzene rings is 2. The zero-order chi connectivity index (χ0) is 20.0. The first kappa shape index (κ1) is 20.3. The lowest BCUT2D eigenvalue weighted by molar-refractivity contribution is -0.123. The molecule has 0 aliphatic heterocycles. The molecule has 0 aliphatic carbocycles. The number of hydrogen-bond acceptors (Lipinski definition) is 4. The Balaban J connectivity index is 1.95. The minimum absolute atomic E-state index is 0.0415. The lowest BCUT2D eigenvalue weighted by Gasteiger charge is -2.19. The summed E-state index contributed by atoms with van der Waals surface area (Å²) in [6.07, 6.45) is -0.295. The predicted octanol–water partition coefficient (Wildman–Crippen LogP) is 3.97. The number of nitrogens with one attached hydrogen (secondary N) is 2. The molecule has 0 radical (unpaired) electrons. The maximum Gasteiger partial charge on any atom is 0.233 e. The average Bonchev–Trinajstić information content (AvgIpc) is 2.61. The SMILES string of the molecule is COc1ccc(NC(=O)CC(=O)Nc2ccc(C(C)(C)C)cc2)c(OC)c1. The topological polar surface area (TPSA) is 76.7 Å². The van der Waals surface area contributed by atoms with Crippen LogP contribution in [0.25, 0.3) is 0 Å². The summed E-state index contributed by atoms with van der Waals surface area (Å²) in [7, 11) is 3.05. The van der Waals surface area contributed by atoms with Crippen LogP contribution in [0.5, 0.6) is 11.5 Å². The van der Waals surface area contributed by atoms with Gasteiger partial charge in [0.15, 0.2) is 0 Å². The highest BCUT2D eigenvalue weighted by Gasteiger charge is 2.15. The minimum Gasteiger partial charge on any atom is -0.497 e. The Morgan fingerprint density at radius 2 is 1.52 bits per heavy atom. The molecule has 27 heavy (non-hydrogen) atoms. The van der Waals surface area contributed by atoms with Crippen LogP contribution < -0.4 is 20.1 Å². The van der Waals surface area contributed by atoms with Crippen molar-refractivity contribution < 1.29 is 19.1 Å². The van der Waals surface area contributed by atoms with Crippen LogP contribution in [0.1, 0.15) is 32.8 Å². The van der Waals surface area contributed by atoms with Crippen LogP contribution >= 0.6 is 0 Å². The molecule has 0 atom stereocenters. The third kappa shape index (κ3) is 5.74. The van der Waals surface area contributed by atoms with Crippen molar-refractivity contribution in [2.75, 3.05) is 24.9 Å². The molecule has 0 aliphatic rings. The van der Waals surface area contributed by atoms with Gasteiger partial charge in [-0.3, -0.25) is 9.59 Å². The molecule has 0 aromatic heterocycles. The maximum absolute atomic E-state index is 12.2. The van der Waals surface area contributed by atoms with Gasteiger partial charge in [-0.2, -0.15) is 0 Å². The first-order chi connectivity index (χ1) is 12.7. The zero-order valence-corrected chi connectivity index (χ0v) is 16.4. The van der Waals surface area contributed by atoms with Crippen molar-refractivity contribution in [2.24, 2.45) is 0 Å². The molecule has 2 aromatic carbocycles. The van der Waals surface area contributed by atoms with Crippen LogP contribution in [0.2, 0.25) is 0 Å². The number of hydrogen-bond donors (Lipinski definition) is 2. The summed E-state index contributed by atoms with van der Waals surface area (Å²) in [6.45, 7) is 6.37. The summed E-state index contributed by atoms with van der Waals surface area (Å²) in [5, 5.41) is 5.41. The number of methoxy groups -OCH3 is 2. The van der Waals surface area contributed by atoms with E-state index in [2.05, 4.69) is 31.4 Å². The molecule has 0 fully saturated rings. The second-order valence-corrected chi connectivity index (χ2v) is 7.17. The van der Waals surface area contributed by atoms with Crippen LogP contribution in [-0.2, 0) is 15.0 Å². The molecule has 0 saturated heterocycles. The van der Waals surface area contributed by atoms with Crippen LogP contribution in [0.15, 0.2) is 42.5 Å². The molecule has 144 valence electrons. The number of anilines is 2. The summed E-state index contributed by atoms with van der Waals surface area (Å²) in [5.74, 6) is 0.257. The molecule has 0 bridgehead atoms. The Labute approximate surface area is 159 Å². The van der Waals surface area contributed by atoms with E-state index in [-0.39, 0.29) is 17.7 Å². The smallest absolute Gasteiger partial charge is 0.233 e. The van der Waals surface area contributed by atoms with E-state index in [1.54, 1.807) is 25.3 Å². The summed E-state index contributed by atoms with van der Waals surface area (Å²) >= 11 is 0. The Morgan fingerprint density at radius 3 is 2.07 bits per heavy atom. The highest BCUT2D eigenvalue weighted by atomic mass is 16.5. The van der Waals surface area contributed by atoms with E-state index in [1.165, 1.54) is 12.7 Å².